The molecule has 2 aromatic rings. The number of anilines is 1. The SMILES string of the molecule is CC1Oc2c(C(=O)Nc3cccc(S(=O)(=O)N(C)C)c3)cccc2C1C. The van der Waals surface area contributed by atoms with Gasteiger partial charge in [-0.2, -0.15) is 0 Å². The summed E-state index contributed by atoms with van der Waals surface area (Å²) in [6.45, 7) is 4.04. The smallest absolute Gasteiger partial charge is 0.259 e. The average molecular weight is 374 g/mol. The third-order valence-electron chi connectivity index (χ3n) is 4.66. The molecule has 0 saturated carbocycles. The molecule has 6 nitrogen and oxygen atoms in total. The fourth-order valence-corrected chi connectivity index (χ4v) is 3.86. The molecule has 1 amide bonds. The molecule has 0 fully saturated rings. The summed E-state index contributed by atoms with van der Waals surface area (Å²) in [6, 6.07) is 11.7. The molecule has 7 heteroatoms. The van der Waals surface area contributed by atoms with Gasteiger partial charge in [-0.25, -0.2) is 12.7 Å². The van der Waals surface area contributed by atoms with Gasteiger partial charge in [0.2, 0.25) is 10.0 Å². The number of nitrogens with zero attached hydrogens (tertiary/aromatic N) is 1. The number of para-hydroxylation sites is 1. The zero-order valence-electron chi connectivity index (χ0n) is 15.2. The minimum absolute atomic E-state index is 0.00696. The molecular weight excluding hydrogens is 352 g/mol. The van der Waals surface area contributed by atoms with Gasteiger partial charge in [0.1, 0.15) is 11.9 Å². The molecule has 26 heavy (non-hydrogen) atoms. The third kappa shape index (κ3) is 3.20. The molecule has 1 aliphatic heterocycles. The second kappa shape index (κ2) is 6.74. The lowest BCUT2D eigenvalue weighted by Gasteiger charge is -2.13. The molecule has 2 aromatic carbocycles. The summed E-state index contributed by atoms with van der Waals surface area (Å²) in [5.41, 5.74) is 1.86. The lowest BCUT2D eigenvalue weighted by molar-refractivity contribution is 0.102. The van der Waals surface area contributed by atoms with Crippen molar-refractivity contribution in [2.75, 3.05) is 19.4 Å². The summed E-state index contributed by atoms with van der Waals surface area (Å²) in [5.74, 6) is 0.482. The van der Waals surface area contributed by atoms with Gasteiger partial charge in [0.15, 0.2) is 0 Å². The van der Waals surface area contributed by atoms with Gasteiger partial charge in [-0.1, -0.05) is 25.1 Å². The molecule has 0 saturated heterocycles. The first-order valence-electron chi connectivity index (χ1n) is 8.35. The highest BCUT2D eigenvalue weighted by Gasteiger charge is 2.31. The normalized spacial score (nSPS) is 19.1. The van der Waals surface area contributed by atoms with E-state index in [9.17, 15) is 13.2 Å². The largest absolute Gasteiger partial charge is 0.489 e. The molecular formula is C19H22N2O4S. The second-order valence-corrected chi connectivity index (χ2v) is 8.76. The Labute approximate surface area is 153 Å². The maximum absolute atomic E-state index is 12.7. The first kappa shape index (κ1) is 18.4. The fourth-order valence-electron chi connectivity index (χ4n) is 2.91. The van der Waals surface area contributed by atoms with Gasteiger partial charge in [-0.15, -0.1) is 0 Å². The number of nitrogens with one attached hydrogen (secondary N) is 1. The van der Waals surface area contributed by atoms with Crippen LogP contribution in [0.5, 0.6) is 5.75 Å². The van der Waals surface area contributed by atoms with Crippen molar-refractivity contribution >= 4 is 21.6 Å². The Bertz CT molecular complexity index is 954. The minimum atomic E-state index is -3.57. The summed E-state index contributed by atoms with van der Waals surface area (Å²) < 4.78 is 31.5. The fraction of sp³-hybridized carbons (Fsp3) is 0.316. The third-order valence-corrected chi connectivity index (χ3v) is 6.47. The van der Waals surface area contributed by atoms with E-state index in [4.69, 9.17) is 4.74 Å². The van der Waals surface area contributed by atoms with Crippen LogP contribution in [0, 0.1) is 0 Å². The van der Waals surface area contributed by atoms with E-state index < -0.39 is 10.0 Å². The van der Waals surface area contributed by atoms with E-state index in [-0.39, 0.29) is 22.8 Å². The average Bonchev–Trinajstić information content (AvgIpc) is 2.89. The van der Waals surface area contributed by atoms with Gasteiger partial charge >= 0.3 is 0 Å². The monoisotopic (exact) mass is 374 g/mol. The van der Waals surface area contributed by atoms with Crippen LogP contribution >= 0.6 is 0 Å². The van der Waals surface area contributed by atoms with Crippen molar-refractivity contribution in [3.05, 3.63) is 53.6 Å². The van der Waals surface area contributed by atoms with Crippen LogP contribution in [0.4, 0.5) is 5.69 Å². The van der Waals surface area contributed by atoms with E-state index in [1.807, 2.05) is 19.1 Å². The highest BCUT2D eigenvalue weighted by Crippen LogP contribution is 2.40. The Morgan fingerprint density at radius 2 is 1.81 bits per heavy atom. The molecule has 2 unspecified atom stereocenters. The zero-order valence-corrected chi connectivity index (χ0v) is 16.0. The topological polar surface area (TPSA) is 75.7 Å². The number of sulfonamides is 1. The van der Waals surface area contributed by atoms with Crippen LogP contribution in [-0.4, -0.2) is 38.8 Å². The second-order valence-electron chi connectivity index (χ2n) is 6.60. The molecule has 1 heterocycles. The molecule has 2 atom stereocenters. The summed E-state index contributed by atoms with van der Waals surface area (Å²) in [4.78, 5) is 12.9. The van der Waals surface area contributed by atoms with Gasteiger partial charge < -0.3 is 10.1 Å². The number of hydrogen-bond donors (Lipinski definition) is 1. The predicted octanol–water partition coefficient (Wildman–Crippen LogP) is 3.07. The number of ether oxygens (including phenoxy) is 1. The Balaban J connectivity index is 1.89. The summed E-state index contributed by atoms with van der Waals surface area (Å²) >= 11 is 0. The number of hydrogen-bond acceptors (Lipinski definition) is 4. The van der Waals surface area contributed by atoms with Crippen LogP contribution in [0.25, 0.3) is 0 Å². The van der Waals surface area contributed by atoms with Crippen molar-refractivity contribution in [1.82, 2.24) is 4.31 Å². The van der Waals surface area contributed by atoms with E-state index >= 15 is 0 Å². The Morgan fingerprint density at radius 3 is 2.50 bits per heavy atom. The van der Waals surface area contributed by atoms with Gasteiger partial charge in [0, 0.05) is 31.3 Å². The van der Waals surface area contributed by atoms with Gasteiger partial charge in [0.05, 0.1) is 10.5 Å². The lowest BCUT2D eigenvalue weighted by Crippen LogP contribution is -2.22. The minimum Gasteiger partial charge on any atom is -0.489 e. The van der Waals surface area contributed by atoms with Gasteiger partial charge in [-0.3, -0.25) is 4.79 Å². The number of fused-ring (bicyclic) bond motifs is 1. The molecule has 0 aromatic heterocycles. The van der Waals surface area contributed by atoms with Crippen LogP contribution in [0.2, 0.25) is 0 Å². The molecule has 138 valence electrons. The van der Waals surface area contributed by atoms with Crippen LogP contribution in [0.3, 0.4) is 0 Å². The maximum Gasteiger partial charge on any atom is 0.259 e. The Morgan fingerprint density at radius 1 is 1.12 bits per heavy atom. The first-order chi connectivity index (χ1) is 12.2. The van der Waals surface area contributed by atoms with Crippen LogP contribution < -0.4 is 10.1 Å². The molecule has 0 aliphatic carbocycles. The van der Waals surface area contributed by atoms with E-state index in [1.54, 1.807) is 18.2 Å². The number of amides is 1. The van der Waals surface area contributed by atoms with Crippen molar-refractivity contribution in [1.29, 1.82) is 0 Å². The van der Waals surface area contributed by atoms with Gasteiger partial charge in [-0.05, 0) is 31.2 Å². The lowest BCUT2D eigenvalue weighted by atomic mass is 9.97. The number of carbonyl (C=O) groups is 1. The van der Waals surface area contributed by atoms with Crippen LogP contribution in [0.1, 0.15) is 35.7 Å². The summed E-state index contributed by atoms with van der Waals surface area (Å²) in [6.07, 6.45) is 0.00696. The zero-order chi connectivity index (χ0) is 19.1. The Hall–Kier alpha value is -2.38. The molecule has 0 bridgehead atoms. The molecule has 0 radical (unpaired) electrons. The van der Waals surface area contributed by atoms with Crippen molar-refractivity contribution in [3.63, 3.8) is 0 Å². The van der Waals surface area contributed by atoms with Crippen LogP contribution in [-0.2, 0) is 10.0 Å². The molecule has 0 spiro atoms. The van der Waals surface area contributed by atoms with Crippen LogP contribution in [0.15, 0.2) is 47.4 Å². The van der Waals surface area contributed by atoms with Crippen molar-refractivity contribution < 1.29 is 17.9 Å². The van der Waals surface area contributed by atoms with Gasteiger partial charge in [0.25, 0.3) is 5.91 Å². The van der Waals surface area contributed by atoms with E-state index in [1.165, 1.54) is 26.2 Å². The molecule has 3 rings (SSSR count). The van der Waals surface area contributed by atoms with Crippen molar-refractivity contribution in [2.24, 2.45) is 0 Å². The van der Waals surface area contributed by atoms with E-state index in [0.29, 0.717) is 17.0 Å². The van der Waals surface area contributed by atoms with E-state index in [2.05, 4.69) is 12.2 Å². The Kier molecular flexibility index (Phi) is 4.77. The van der Waals surface area contributed by atoms with Crippen molar-refractivity contribution in [2.45, 2.75) is 30.8 Å². The highest BCUT2D eigenvalue weighted by atomic mass is 32.2. The standard InChI is InChI=1S/C19H22N2O4S/c1-12-13(2)25-18-16(12)9-6-10-17(18)19(22)20-14-7-5-8-15(11-14)26(23,24)21(3)4/h5-13H,1-4H3,(H,20,22). The van der Waals surface area contributed by atoms with E-state index in [0.717, 1.165) is 9.87 Å². The molecule has 1 N–H and O–H groups in total. The number of rotatable bonds is 4. The summed E-state index contributed by atoms with van der Waals surface area (Å²) in [5, 5.41) is 2.77. The number of benzene rings is 2. The molecule has 1 aliphatic rings. The summed E-state index contributed by atoms with van der Waals surface area (Å²) in [7, 11) is -0.635. The predicted molar refractivity (Wildman–Crippen MR) is 100 cm³/mol. The maximum atomic E-state index is 12.7. The quantitative estimate of drug-likeness (QED) is 0.892. The van der Waals surface area contributed by atoms with Crippen molar-refractivity contribution in [3.8, 4) is 5.75 Å². The highest BCUT2D eigenvalue weighted by molar-refractivity contribution is 7.89. The number of carbonyl (C=O) groups excluding carboxylic acids is 1. The first-order valence-corrected chi connectivity index (χ1v) is 9.79.